The van der Waals surface area contributed by atoms with E-state index in [1.54, 1.807) is 12.1 Å². The zero-order valence-corrected chi connectivity index (χ0v) is 13.6. The molecule has 0 amide bonds. The van der Waals surface area contributed by atoms with E-state index < -0.39 is 5.82 Å². The number of hydrogen-bond acceptors (Lipinski definition) is 3. The van der Waals surface area contributed by atoms with Crippen LogP contribution in [-0.2, 0) is 11.3 Å². The number of thiocarbonyl (C=S) groups is 1. The molecule has 22 heavy (non-hydrogen) atoms. The van der Waals surface area contributed by atoms with Crippen molar-refractivity contribution in [2.75, 3.05) is 12.4 Å². The van der Waals surface area contributed by atoms with Crippen LogP contribution in [0.5, 0.6) is 5.75 Å². The molecule has 0 saturated heterocycles. The predicted octanol–water partition coefficient (Wildman–Crippen LogP) is 4.36. The van der Waals surface area contributed by atoms with E-state index in [2.05, 4.69) is 5.32 Å². The molecule has 0 unspecified atom stereocenters. The second kappa shape index (κ2) is 7.22. The smallest absolute Gasteiger partial charge is 0.260 e. The largest absolute Gasteiger partial charge is 0.489 e. The summed E-state index contributed by atoms with van der Waals surface area (Å²) in [5.74, 6) is 0.372. The Kier molecular flexibility index (Phi) is 5.33. The summed E-state index contributed by atoms with van der Waals surface area (Å²) in [4.78, 5) is 0. The van der Waals surface area contributed by atoms with Crippen LogP contribution < -0.4 is 10.1 Å². The lowest BCUT2D eigenvalue weighted by Crippen LogP contribution is -2.14. The summed E-state index contributed by atoms with van der Waals surface area (Å²) in [7, 11) is 1.43. The van der Waals surface area contributed by atoms with Crippen molar-refractivity contribution in [3.8, 4) is 5.75 Å². The molecule has 0 aliphatic rings. The number of halogens is 1. The first-order chi connectivity index (χ1) is 10.5. The van der Waals surface area contributed by atoms with Gasteiger partial charge in [-0.1, -0.05) is 29.8 Å². The normalized spacial score (nSPS) is 10.2. The standard InChI is InChI=1S/C17H18FNO2S/c1-11-7-8-15(12(2)9-11)21-10-13-5-4-6-14(18)16(13)19-17(22)20-3/h4-9H,10H2,1-3H3,(H,19,22). The Balaban J connectivity index is 2.18. The number of anilines is 1. The van der Waals surface area contributed by atoms with Crippen LogP contribution in [0.3, 0.4) is 0 Å². The zero-order chi connectivity index (χ0) is 16.1. The van der Waals surface area contributed by atoms with Gasteiger partial charge in [0.1, 0.15) is 18.2 Å². The molecule has 5 heteroatoms. The fraction of sp³-hybridized carbons (Fsp3) is 0.235. The summed E-state index contributed by atoms with van der Waals surface area (Å²) < 4.78 is 24.6. The van der Waals surface area contributed by atoms with Gasteiger partial charge in [0.25, 0.3) is 5.17 Å². The number of para-hydroxylation sites is 1. The van der Waals surface area contributed by atoms with Gasteiger partial charge in [-0.15, -0.1) is 0 Å². The molecule has 0 saturated carbocycles. The molecular formula is C17H18FNO2S. The van der Waals surface area contributed by atoms with Gasteiger partial charge in [-0.3, -0.25) is 0 Å². The minimum atomic E-state index is -0.402. The first-order valence-corrected chi connectivity index (χ1v) is 7.24. The van der Waals surface area contributed by atoms with Crippen molar-refractivity contribution < 1.29 is 13.9 Å². The summed E-state index contributed by atoms with van der Waals surface area (Å²) >= 11 is 4.93. The second-order valence-electron chi connectivity index (χ2n) is 4.95. The van der Waals surface area contributed by atoms with Gasteiger partial charge in [0.05, 0.1) is 12.8 Å². The Hall–Kier alpha value is -2.14. The summed E-state index contributed by atoms with van der Waals surface area (Å²) in [5, 5.41) is 2.85. The minimum Gasteiger partial charge on any atom is -0.489 e. The molecule has 0 aliphatic carbocycles. The first-order valence-electron chi connectivity index (χ1n) is 6.83. The Morgan fingerprint density at radius 3 is 2.68 bits per heavy atom. The van der Waals surface area contributed by atoms with E-state index in [1.165, 1.54) is 18.7 Å². The summed E-state index contributed by atoms with van der Waals surface area (Å²) in [6, 6.07) is 10.7. The lowest BCUT2D eigenvalue weighted by molar-refractivity contribution is 0.304. The minimum absolute atomic E-state index is 0.109. The Labute approximate surface area is 135 Å². The molecule has 0 fully saturated rings. The quantitative estimate of drug-likeness (QED) is 0.848. The number of hydrogen-bond donors (Lipinski definition) is 1. The van der Waals surface area contributed by atoms with Crippen molar-refractivity contribution in [3.05, 3.63) is 58.9 Å². The summed E-state index contributed by atoms with van der Waals surface area (Å²) in [6.07, 6.45) is 0. The van der Waals surface area contributed by atoms with Gasteiger partial charge >= 0.3 is 0 Å². The molecule has 0 radical (unpaired) electrons. The molecule has 0 aromatic heterocycles. The maximum Gasteiger partial charge on any atom is 0.260 e. The topological polar surface area (TPSA) is 30.5 Å². The van der Waals surface area contributed by atoms with Gasteiger partial charge in [0.2, 0.25) is 0 Å². The maximum absolute atomic E-state index is 14.0. The SMILES string of the molecule is COC(=S)Nc1c(F)cccc1COc1ccc(C)cc1C. The second-order valence-corrected chi connectivity index (χ2v) is 5.32. The average Bonchev–Trinajstić information content (AvgIpc) is 2.49. The molecule has 116 valence electrons. The molecule has 2 rings (SSSR count). The van der Waals surface area contributed by atoms with Gasteiger partial charge in [0, 0.05) is 5.56 Å². The van der Waals surface area contributed by atoms with Crippen LogP contribution in [0, 0.1) is 19.7 Å². The van der Waals surface area contributed by atoms with Crippen LogP contribution in [0.2, 0.25) is 0 Å². The van der Waals surface area contributed by atoms with Crippen LogP contribution >= 0.6 is 12.2 Å². The molecule has 2 aromatic rings. The number of rotatable bonds is 4. The molecule has 0 bridgehead atoms. The summed E-state index contributed by atoms with van der Waals surface area (Å²) in [5.41, 5.74) is 3.15. The van der Waals surface area contributed by atoms with Gasteiger partial charge in [-0.25, -0.2) is 4.39 Å². The Bertz CT molecular complexity index is 688. The highest BCUT2D eigenvalue weighted by Gasteiger charge is 2.11. The molecule has 0 heterocycles. The lowest BCUT2D eigenvalue weighted by atomic mass is 10.1. The highest BCUT2D eigenvalue weighted by Crippen LogP contribution is 2.24. The van der Waals surface area contributed by atoms with E-state index in [0.29, 0.717) is 5.56 Å². The molecule has 0 atom stereocenters. The van der Waals surface area contributed by atoms with Crippen molar-refractivity contribution in [2.45, 2.75) is 20.5 Å². The number of ether oxygens (including phenoxy) is 2. The number of aryl methyl sites for hydroxylation is 2. The third-order valence-corrected chi connectivity index (χ3v) is 3.49. The fourth-order valence-electron chi connectivity index (χ4n) is 2.10. The first kappa shape index (κ1) is 16.2. The molecule has 3 nitrogen and oxygen atoms in total. The van der Waals surface area contributed by atoms with Crippen molar-refractivity contribution in [3.63, 3.8) is 0 Å². The fourth-order valence-corrected chi connectivity index (χ4v) is 2.20. The van der Waals surface area contributed by atoms with Crippen LogP contribution in [0.15, 0.2) is 36.4 Å². The van der Waals surface area contributed by atoms with Crippen LogP contribution in [0.1, 0.15) is 16.7 Å². The Morgan fingerprint density at radius 2 is 2.00 bits per heavy atom. The van der Waals surface area contributed by atoms with Crippen molar-refractivity contribution >= 4 is 23.1 Å². The molecule has 0 spiro atoms. The van der Waals surface area contributed by atoms with Crippen molar-refractivity contribution in [1.82, 2.24) is 0 Å². The van der Waals surface area contributed by atoms with Crippen molar-refractivity contribution in [1.29, 1.82) is 0 Å². The number of benzene rings is 2. The highest BCUT2D eigenvalue weighted by atomic mass is 32.1. The predicted molar refractivity (Wildman–Crippen MR) is 89.9 cm³/mol. The van der Waals surface area contributed by atoms with E-state index >= 15 is 0 Å². The van der Waals surface area contributed by atoms with Crippen LogP contribution in [-0.4, -0.2) is 12.3 Å². The van der Waals surface area contributed by atoms with Crippen LogP contribution in [0.25, 0.3) is 0 Å². The van der Waals surface area contributed by atoms with E-state index in [-0.39, 0.29) is 17.5 Å². The van der Waals surface area contributed by atoms with E-state index in [1.807, 2.05) is 32.0 Å². The van der Waals surface area contributed by atoms with Gasteiger partial charge in [0.15, 0.2) is 0 Å². The molecule has 0 aliphatic heterocycles. The highest BCUT2D eigenvalue weighted by molar-refractivity contribution is 7.80. The third kappa shape index (κ3) is 3.95. The summed E-state index contributed by atoms with van der Waals surface area (Å²) in [6.45, 7) is 4.24. The van der Waals surface area contributed by atoms with Gasteiger partial charge in [-0.05, 0) is 43.8 Å². The van der Waals surface area contributed by atoms with E-state index in [4.69, 9.17) is 21.7 Å². The Morgan fingerprint density at radius 1 is 1.23 bits per heavy atom. The van der Waals surface area contributed by atoms with Gasteiger partial charge in [-0.2, -0.15) is 0 Å². The zero-order valence-electron chi connectivity index (χ0n) is 12.8. The van der Waals surface area contributed by atoms with Crippen molar-refractivity contribution in [2.24, 2.45) is 0 Å². The average molecular weight is 319 g/mol. The van der Waals surface area contributed by atoms with Crippen LogP contribution in [0.4, 0.5) is 10.1 Å². The molecule has 1 N–H and O–H groups in total. The monoisotopic (exact) mass is 319 g/mol. The third-order valence-electron chi connectivity index (χ3n) is 3.23. The van der Waals surface area contributed by atoms with E-state index in [9.17, 15) is 4.39 Å². The maximum atomic E-state index is 14.0. The molecular weight excluding hydrogens is 301 g/mol. The van der Waals surface area contributed by atoms with Gasteiger partial charge < -0.3 is 14.8 Å². The molecule has 2 aromatic carbocycles. The van der Waals surface area contributed by atoms with E-state index in [0.717, 1.165) is 11.3 Å². The lowest BCUT2D eigenvalue weighted by Gasteiger charge is -2.15. The number of methoxy groups -OCH3 is 1. The number of nitrogens with one attached hydrogen (secondary N) is 1.